The molecule has 6 heteroatoms. The number of benzene rings is 1. The number of nitrogens with zero attached hydrogens (tertiary/aromatic N) is 3. The van der Waals surface area contributed by atoms with Crippen LogP contribution in [0.5, 0.6) is 5.75 Å². The highest BCUT2D eigenvalue weighted by Gasteiger charge is 2.13. The quantitative estimate of drug-likeness (QED) is 0.731. The minimum absolute atomic E-state index is 0.527. The van der Waals surface area contributed by atoms with E-state index in [0.29, 0.717) is 5.95 Å². The Morgan fingerprint density at radius 2 is 2.04 bits per heavy atom. The lowest BCUT2D eigenvalue weighted by Gasteiger charge is -2.12. The summed E-state index contributed by atoms with van der Waals surface area (Å²) in [6.07, 6.45) is 8.81. The molecular weight excluding hydrogens is 326 g/mol. The SMILES string of the molecule is CNc1ccnc(Nc2ccc(OC)c(-c3cc4c(cn3)C=CC4)c2)n1. The minimum atomic E-state index is 0.527. The summed E-state index contributed by atoms with van der Waals surface area (Å²) >= 11 is 0. The van der Waals surface area contributed by atoms with E-state index in [9.17, 15) is 0 Å². The monoisotopic (exact) mass is 345 g/mol. The molecule has 4 rings (SSSR count). The van der Waals surface area contributed by atoms with Crippen LogP contribution >= 0.6 is 0 Å². The topological polar surface area (TPSA) is 72.0 Å². The molecule has 0 spiro atoms. The Labute approximate surface area is 152 Å². The van der Waals surface area contributed by atoms with Gasteiger partial charge >= 0.3 is 0 Å². The van der Waals surface area contributed by atoms with Gasteiger partial charge in [-0.3, -0.25) is 4.98 Å². The van der Waals surface area contributed by atoms with Crippen molar-refractivity contribution in [2.24, 2.45) is 0 Å². The Morgan fingerprint density at radius 1 is 1.12 bits per heavy atom. The summed E-state index contributed by atoms with van der Waals surface area (Å²) in [5.41, 5.74) is 5.14. The highest BCUT2D eigenvalue weighted by atomic mass is 16.5. The van der Waals surface area contributed by atoms with Crippen LogP contribution in [0.15, 0.2) is 48.8 Å². The summed E-state index contributed by atoms with van der Waals surface area (Å²) in [6, 6.07) is 9.80. The fourth-order valence-electron chi connectivity index (χ4n) is 2.97. The molecule has 0 radical (unpaired) electrons. The van der Waals surface area contributed by atoms with Crippen molar-refractivity contribution in [2.75, 3.05) is 24.8 Å². The number of rotatable bonds is 5. The number of pyridine rings is 1. The molecule has 0 unspecified atom stereocenters. The first-order valence-electron chi connectivity index (χ1n) is 8.38. The van der Waals surface area contributed by atoms with E-state index in [1.165, 1.54) is 11.1 Å². The summed E-state index contributed by atoms with van der Waals surface area (Å²) in [5.74, 6) is 2.06. The Kier molecular flexibility index (Phi) is 4.23. The van der Waals surface area contributed by atoms with Crippen molar-refractivity contribution in [3.8, 4) is 17.0 Å². The van der Waals surface area contributed by atoms with Crippen molar-refractivity contribution >= 4 is 23.5 Å². The van der Waals surface area contributed by atoms with Crippen molar-refractivity contribution in [3.63, 3.8) is 0 Å². The zero-order valence-electron chi connectivity index (χ0n) is 14.7. The summed E-state index contributed by atoms with van der Waals surface area (Å²) in [6.45, 7) is 0. The lowest BCUT2D eigenvalue weighted by molar-refractivity contribution is 0.416. The fourth-order valence-corrected chi connectivity index (χ4v) is 2.97. The zero-order valence-corrected chi connectivity index (χ0v) is 14.7. The second kappa shape index (κ2) is 6.84. The molecule has 6 nitrogen and oxygen atoms in total. The number of allylic oxidation sites excluding steroid dienone is 1. The predicted molar refractivity (Wildman–Crippen MR) is 104 cm³/mol. The van der Waals surface area contributed by atoms with E-state index in [2.05, 4.69) is 43.8 Å². The van der Waals surface area contributed by atoms with Gasteiger partial charge in [-0.1, -0.05) is 12.2 Å². The Bertz CT molecular complexity index is 984. The average molecular weight is 345 g/mol. The van der Waals surface area contributed by atoms with Crippen LogP contribution in [-0.2, 0) is 6.42 Å². The number of aromatic nitrogens is 3. The lowest BCUT2D eigenvalue weighted by atomic mass is 10.0. The van der Waals surface area contributed by atoms with Gasteiger partial charge in [0.05, 0.1) is 12.8 Å². The third-order valence-corrected chi connectivity index (χ3v) is 4.30. The molecule has 0 amide bonds. The van der Waals surface area contributed by atoms with Crippen LogP contribution < -0.4 is 15.4 Å². The van der Waals surface area contributed by atoms with Crippen LogP contribution in [0.4, 0.5) is 17.5 Å². The molecule has 0 fully saturated rings. The van der Waals surface area contributed by atoms with E-state index in [0.717, 1.165) is 34.9 Å². The van der Waals surface area contributed by atoms with Gasteiger partial charge in [0.15, 0.2) is 0 Å². The molecule has 26 heavy (non-hydrogen) atoms. The van der Waals surface area contributed by atoms with E-state index < -0.39 is 0 Å². The van der Waals surface area contributed by atoms with Gasteiger partial charge in [0, 0.05) is 30.7 Å². The zero-order chi connectivity index (χ0) is 17.9. The van der Waals surface area contributed by atoms with Gasteiger partial charge in [-0.25, -0.2) is 4.98 Å². The molecule has 1 aromatic carbocycles. The molecule has 2 aromatic heterocycles. The number of ether oxygens (including phenoxy) is 1. The summed E-state index contributed by atoms with van der Waals surface area (Å²) in [5, 5.41) is 6.24. The molecule has 2 heterocycles. The second-order valence-corrected chi connectivity index (χ2v) is 5.93. The maximum absolute atomic E-state index is 5.54. The molecule has 0 saturated carbocycles. The molecule has 1 aliphatic rings. The largest absolute Gasteiger partial charge is 0.496 e. The van der Waals surface area contributed by atoms with Crippen molar-refractivity contribution in [2.45, 2.75) is 6.42 Å². The lowest BCUT2D eigenvalue weighted by Crippen LogP contribution is -2.01. The Morgan fingerprint density at radius 3 is 2.88 bits per heavy atom. The van der Waals surface area contributed by atoms with Gasteiger partial charge in [0.2, 0.25) is 5.95 Å². The highest BCUT2D eigenvalue weighted by Crippen LogP contribution is 2.34. The first-order valence-corrected chi connectivity index (χ1v) is 8.38. The van der Waals surface area contributed by atoms with Crippen LogP contribution in [0.25, 0.3) is 17.3 Å². The van der Waals surface area contributed by atoms with Crippen molar-refractivity contribution in [3.05, 3.63) is 59.9 Å². The van der Waals surface area contributed by atoms with Crippen LogP contribution in [0.2, 0.25) is 0 Å². The number of hydrogen-bond donors (Lipinski definition) is 2. The third kappa shape index (κ3) is 3.09. The molecule has 0 atom stereocenters. The van der Waals surface area contributed by atoms with E-state index in [-0.39, 0.29) is 0 Å². The maximum atomic E-state index is 5.54. The molecule has 0 aliphatic heterocycles. The highest BCUT2D eigenvalue weighted by molar-refractivity contribution is 5.75. The van der Waals surface area contributed by atoms with E-state index in [1.54, 1.807) is 13.3 Å². The van der Waals surface area contributed by atoms with Crippen LogP contribution in [-0.4, -0.2) is 29.1 Å². The van der Waals surface area contributed by atoms with Gasteiger partial charge in [-0.15, -0.1) is 0 Å². The molecule has 130 valence electrons. The van der Waals surface area contributed by atoms with Gasteiger partial charge in [0.25, 0.3) is 0 Å². The van der Waals surface area contributed by atoms with E-state index in [4.69, 9.17) is 4.74 Å². The number of fused-ring (bicyclic) bond motifs is 1. The van der Waals surface area contributed by atoms with Gasteiger partial charge in [-0.05, 0) is 47.9 Å². The smallest absolute Gasteiger partial charge is 0.229 e. The molecule has 2 N–H and O–H groups in total. The van der Waals surface area contributed by atoms with E-state index in [1.807, 2.05) is 37.5 Å². The van der Waals surface area contributed by atoms with Crippen molar-refractivity contribution in [1.82, 2.24) is 15.0 Å². The van der Waals surface area contributed by atoms with Crippen LogP contribution in [0.1, 0.15) is 11.1 Å². The molecule has 1 aliphatic carbocycles. The van der Waals surface area contributed by atoms with Gasteiger partial charge in [0.1, 0.15) is 11.6 Å². The predicted octanol–water partition coefficient (Wildman–Crippen LogP) is 3.90. The molecular formula is C20H19N5O. The Balaban J connectivity index is 1.69. The normalized spacial score (nSPS) is 11.9. The molecule has 0 saturated heterocycles. The van der Waals surface area contributed by atoms with Crippen molar-refractivity contribution in [1.29, 1.82) is 0 Å². The summed E-state index contributed by atoms with van der Waals surface area (Å²) < 4.78 is 5.54. The van der Waals surface area contributed by atoms with Gasteiger partial charge in [-0.2, -0.15) is 4.98 Å². The number of methoxy groups -OCH3 is 1. The number of hydrogen-bond acceptors (Lipinski definition) is 6. The van der Waals surface area contributed by atoms with Crippen LogP contribution in [0, 0.1) is 0 Å². The summed E-state index contributed by atoms with van der Waals surface area (Å²) in [4.78, 5) is 13.3. The minimum Gasteiger partial charge on any atom is -0.496 e. The summed E-state index contributed by atoms with van der Waals surface area (Å²) in [7, 11) is 3.49. The fraction of sp³-hybridized carbons (Fsp3) is 0.150. The molecule has 0 bridgehead atoms. The van der Waals surface area contributed by atoms with Crippen LogP contribution in [0.3, 0.4) is 0 Å². The average Bonchev–Trinajstić information content (AvgIpc) is 3.16. The molecule has 3 aromatic rings. The third-order valence-electron chi connectivity index (χ3n) is 4.30. The number of anilines is 3. The van der Waals surface area contributed by atoms with E-state index >= 15 is 0 Å². The standard InChI is InChI=1S/C20H19N5O/c1-21-19-8-9-22-20(25-19)24-15-6-7-18(26-2)16(11-15)17-10-13-4-3-5-14(13)12-23-17/h3,5-12H,4H2,1-2H3,(H2,21,22,24,25). The number of nitrogens with one attached hydrogen (secondary N) is 2. The maximum Gasteiger partial charge on any atom is 0.229 e. The Hall–Kier alpha value is -3.41. The first kappa shape index (κ1) is 16.1. The first-order chi connectivity index (χ1) is 12.8. The van der Waals surface area contributed by atoms with Gasteiger partial charge < -0.3 is 15.4 Å². The second-order valence-electron chi connectivity index (χ2n) is 5.93. The van der Waals surface area contributed by atoms with Crippen molar-refractivity contribution < 1.29 is 4.74 Å².